The molecule has 1 heterocycles. The summed E-state index contributed by atoms with van der Waals surface area (Å²) in [4.78, 5) is 14.9. The van der Waals surface area contributed by atoms with Gasteiger partial charge in [-0.2, -0.15) is 18.4 Å². The van der Waals surface area contributed by atoms with Crippen LogP contribution in [0.2, 0.25) is 5.02 Å². The van der Waals surface area contributed by atoms with Gasteiger partial charge in [-0.3, -0.25) is 9.10 Å². The molecule has 0 saturated heterocycles. The molecular weight excluding hydrogens is 621 g/mol. The van der Waals surface area contributed by atoms with Crippen molar-refractivity contribution in [2.45, 2.75) is 16.0 Å². The molecule has 0 fully saturated rings. The first-order chi connectivity index (χ1) is 19.6. The van der Waals surface area contributed by atoms with Crippen LogP contribution in [-0.4, -0.2) is 52.2 Å². The number of halogens is 4. The van der Waals surface area contributed by atoms with Crippen LogP contribution in [0.4, 0.5) is 24.7 Å². The number of benzene rings is 3. The van der Waals surface area contributed by atoms with E-state index in [1.807, 2.05) is 6.07 Å². The van der Waals surface area contributed by atoms with E-state index in [9.17, 15) is 39.9 Å². The van der Waals surface area contributed by atoms with E-state index >= 15 is 0 Å². The van der Waals surface area contributed by atoms with Crippen molar-refractivity contribution >= 4 is 59.9 Å². The van der Waals surface area contributed by atoms with Gasteiger partial charge in [0.25, 0.3) is 20.0 Å². The molecule has 0 unspecified atom stereocenters. The Morgan fingerprint density at radius 1 is 0.881 bits per heavy atom. The zero-order valence-electron chi connectivity index (χ0n) is 21.0. The van der Waals surface area contributed by atoms with E-state index in [2.05, 4.69) is 4.98 Å². The molecule has 0 aliphatic carbocycles. The first-order valence-electron chi connectivity index (χ1n) is 11.6. The van der Waals surface area contributed by atoms with Crippen molar-refractivity contribution < 1.29 is 39.9 Å². The molecule has 0 saturated carbocycles. The van der Waals surface area contributed by atoms with Crippen molar-refractivity contribution in [2.24, 2.45) is 0 Å². The van der Waals surface area contributed by atoms with Crippen molar-refractivity contribution in [3.63, 3.8) is 0 Å². The van der Waals surface area contributed by atoms with Crippen LogP contribution in [0.3, 0.4) is 0 Å². The number of carboxylic acid groups (broad SMARTS) is 1. The average molecular weight is 639 g/mol. The van der Waals surface area contributed by atoms with Crippen molar-refractivity contribution in [1.29, 1.82) is 5.26 Å². The zero-order chi connectivity index (χ0) is 30.9. The van der Waals surface area contributed by atoms with Gasteiger partial charge in [-0.05, 0) is 48.5 Å². The number of nitriles is 1. The molecule has 42 heavy (non-hydrogen) atoms. The smallest absolute Gasteiger partial charge is 0.407 e. The van der Waals surface area contributed by atoms with Gasteiger partial charge in [0.2, 0.25) is 0 Å². The van der Waals surface area contributed by atoms with Crippen LogP contribution in [0.1, 0.15) is 5.56 Å². The largest absolute Gasteiger partial charge is 0.480 e. The molecule has 0 aliphatic heterocycles. The Hall–Kier alpha value is -4.39. The number of nitrogens with zero attached hydrogens (tertiary/aromatic N) is 4. The topological polar surface area (TPSA) is 149 Å². The average Bonchev–Trinajstić information content (AvgIpc) is 2.94. The second-order valence-corrected chi connectivity index (χ2v) is 12.8. The molecule has 0 amide bonds. The number of pyridine rings is 1. The molecule has 16 heteroatoms. The number of carbonyl (C=O) groups is 1. The molecule has 0 radical (unpaired) electrons. The lowest BCUT2D eigenvalue weighted by Gasteiger charge is -2.28. The molecule has 0 spiro atoms. The number of aromatic nitrogens is 1. The van der Waals surface area contributed by atoms with Crippen LogP contribution in [0, 0.1) is 11.3 Å². The third-order valence-electron chi connectivity index (χ3n) is 5.83. The summed E-state index contributed by atoms with van der Waals surface area (Å²) >= 11 is 5.81. The van der Waals surface area contributed by atoms with Crippen molar-refractivity contribution in [3.8, 4) is 6.07 Å². The summed E-state index contributed by atoms with van der Waals surface area (Å²) < 4.78 is 95.8. The summed E-state index contributed by atoms with van der Waals surface area (Å²) in [5.41, 5.74) is -0.397. The third-order valence-corrected chi connectivity index (χ3v) is 9.61. The highest BCUT2D eigenvalue weighted by Crippen LogP contribution is 2.38. The zero-order valence-corrected chi connectivity index (χ0v) is 23.4. The van der Waals surface area contributed by atoms with Crippen molar-refractivity contribution in [3.05, 3.63) is 89.6 Å². The lowest BCUT2D eigenvalue weighted by Crippen LogP contribution is -2.39. The van der Waals surface area contributed by atoms with Gasteiger partial charge in [-0.1, -0.05) is 35.9 Å². The van der Waals surface area contributed by atoms with Gasteiger partial charge < -0.3 is 5.11 Å². The fourth-order valence-electron chi connectivity index (χ4n) is 3.98. The Kier molecular flexibility index (Phi) is 8.35. The highest BCUT2D eigenvalue weighted by molar-refractivity contribution is 7.93. The summed E-state index contributed by atoms with van der Waals surface area (Å²) in [6, 6.07) is 16.2. The second-order valence-electron chi connectivity index (χ2n) is 8.64. The van der Waals surface area contributed by atoms with Crippen molar-refractivity contribution in [1.82, 2.24) is 4.98 Å². The van der Waals surface area contributed by atoms with Crippen LogP contribution in [0.15, 0.2) is 88.8 Å². The molecule has 218 valence electrons. The molecule has 1 N–H and O–H groups in total. The molecule has 1 aromatic heterocycles. The lowest BCUT2D eigenvalue weighted by molar-refractivity contribution is -0.135. The second kappa shape index (κ2) is 11.5. The van der Waals surface area contributed by atoms with E-state index in [0.717, 1.165) is 30.5 Å². The van der Waals surface area contributed by atoms with Crippen molar-refractivity contribution in [2.75, 3.05) is 21.7 Å². The van der Waals surface area contributed by atoms with E-state index in [1.54, 1.807) is 0 Å². The Morgan fingerprint density at radius 2 is 1.40 bits per heavy atom. The predicted molar refractivity (Wildman–Crippen MR) is 147 cm³/mol. The van der Waals surface area contributed by atoms with Crippen LogP contribution < -0.4 is 8.61 Å². The van der Waals surface area contributed by atoms with Gasteiger partial charge in [-0.25, -0.2) is 26.1 Å². The number of sulfonamides is 2. The minimum Gasteiger partial charge on any atom is -0.480 e. The molecular formula is C26H18ClF3N4O6S2. The molecule has 10 nitrogen and oxygen atoms in total. The van der Waals surface area contributed by atoms with E-state index in [0.29, 0.717) is 4.31 Å². The number of carboxylic acids is 1. The van der Waals surface area contributed by atoms with Crippen LogP contribution in [0.25, 0.3) is 10.8 Å². The molecule has 4 aromatic rings. The Bertz CT molecular complexity index is 1910. The fraction of sp³-hybridized carbons (Fsp3) is 0.115. The monoisotopic (exact) mass is 638 g/mol. The predicted octanol–water partition coefficient (Wildman–Crippen LogP) is 4.80. The minimum absolute atomic E-state index is 0.0893. The molecule has 3 aromatic carbocycles. The molecule has 0 bridgehead atoms. The quantitative estimate of drug-likeness (QED) is 0.275. The number of fused-ring (bicyclic) bond motifs is 1. The third kappa shape index (κ3) is 6.25. The highest BCUT2D eigenvalue weighted by atomic mass is 35.5. The maximum atomic E-state index is 13.7. The Morgan fingerprint density at radius 3 is 1.93 bits per heavy atom. The number of aliphatic carboxylic acids is 1. The summed E-state index contributed by atoms with van der Waals surface area (Å²) in [5, 5.41) is 18.4. The Labute approximate surface area is 242 Å². The van der Waals surface area contributed by atoms with Gasteiger partial charge in [0.15, 0.2) is 5.82 Å². The van der Waals surface area contributed by atoms with Gasteiger partial charge in [0.05, 0.1) is 33.3 Å². The maximum absolute atomic E-state index is 13.7. The summed E-state index contributed by atoms with van der Waals surface area (Å²) in [6.45, 7) is -3.08. The van der Waals surface area contributed by atoms with Gasteiger partial charge in [0.1, 0.15) is 13.1 Å². The van der Waals surface area contributed by atoms with Crippen LogP contribution >= 0.6 is 11.6 Å². The number of rotatable bonds is 9. The number of alkyl halides is 3. The minimum atomic E-state index is -5.01. The first kappa shape index (κ1) is 30.6. The van der Waals surface area contributed by atoms with Crippen LogP contribution in [-0.2, 0) is 24.8 Å². The normalized spacial score (nSPS) is 12.1. The standard InChI is InChI=1S/C26H18ClF3N4O6S2/c27-18-7-11-20(12-8-18)42(39,40)34(16-26(28,29)30)23-14-32-25(22-4-2-1-3-21(22)23)33(15-24(35)36)41(37,38)19-9-5-17(13-31)6-10-19/h1-12,14H,15-16H2,(H,35,36). The van der Waals surface area contributed by atoms with E-state index in [4.69, 9.17) is 16.9 Å². The lowest BCUT2D eigenvalue weighted by atomic mass is 10.1. The maximum Gasteiger partial charge on any atom is 0.407 e. The van der Waals surface area contributed by atoms with E-state index in [1.165, 1.54) is 48.5 Å². The summed E-state index contributed by atoms with van der Waals surface area (Å²) in [7, 11) is -9.51. The molecule has 0 aliphatic rings. The van der Waals surface area contributed by atoms with E-state index < -0.39 is 61.7 Å². The van der Waals surface area contributed by atoms with Gasteiger partial charge >= 0.3 is 12.1 Å². The van der Waals surface area contributed by atoms with Gasteiger partial charge in [-0.15, -0.1) is 0 Å². The Balaban J connectivity index is 1.95. The van der Waals surface area contributed by atoms with E-state index in [-0.39, 0.29) is 30.6 Å². The highest BCUT2D eigenvalue weighted by Gasteiger charge is 2.39. The number of anilines is 2. The van der Waals surface area contributed by atoms with Gasteiger partial charge in [0, 0.05) is 15.8 Å². The number of hydrogen-bond donors (Lipinski definition) is 1. The molecule has 4 rings (SSSR count). The fourth-order valence-corrected chi connectivity index (χ4v) is 6.95. The summed E-state index contributed by atoms with van der Waals surface area (Å²) in [5.74, 6) is -2.05. The first-order valence-corrected chi connectivity index (χ1v) is 14.9. The SMILES string of the molecule is N#Cc1ccc(S(=O)(=O)N(CC(=O)O)c2ncc(N(CC(F)(F)F)S(=O)(=O)c3ccc(Cl)cc3)c3ccccc23)cc1. The van der Waals surface area contributed by atoms with Crippen LogP contribution in [0.5, 0.6) is 0 Å². The number of hydrogen-bond acceptors (Lipinski definition) is 7. The summed E-state index contributed by atoms with van der Waals surface area (Å²) in [6.07, 6.45) is -4.27. The molecule has 0 atom stereocenters.